The molecular weight excluding hydrogens is 212 g/mol. The van der Waals surface area contributed by atoms with E-state index in [1.807, 2.05) is 54.6 Å². The highest BCUT2D eigenvalue weighted by atomic mass is 16.3. The lowest BCUT2D eigenvalue weighted by Gasteiger charge is -2.11. The van der Waals surface area contributed by atoms with Crippen LogP contribution in [-0.4, -0.2) is 10.2 Å². The highest BCUT2D eigenvalue weighted by molar-refractivity contribution is 5.25. The molecule has 0 aromatic heterocycles. The van der Waals surface area contributed by atoms with E-state index in [0.29, 0.717) is 6.42 Å². The molecule has 0 amide bonds. The van der Waals surface area contributed by atoms with Crippen LogP contribution in [0.5, 0.6) is 0 Å². The normalized spacial score (nSPS) is 12.4. The molecule has 0 heterocycles. The van der Waals surface area contributed by atoms with E-state index in [4.69, 9.17) is 5.11 Å². The zero-order chi connectivity index (χ0) is 12.1. The Labute approximate surface area is 101 Å². The summed E-state index contributed by atoms with van der Waals surface area (Å²) < 4.78 is 0. The van der Waals surface area contributed by atoms with E-state index >= 15 is 0 Å². The number of aliphatic hydroxyl groups excluding tert-OH is 2. The van der Waals surface area contributed by atoms with Gasteiger partial charge in [0.25, 0.3) is 0 Å². The third kappa shape index (κ3) is 3.16. The van der Waals surface area contributed by atoms with Gasteiger partial charge in [-0.15, -0.1) is 0 Å². The summed E-state index contributed by atoms with van der Waals surface area (Å²) in [6.07, 6.45) is 0.117. The molecule has 0 aliphatic rings. The quantitative estimate of drug-likeness (QED) is 0.844. The zero-order valence-corrected chi connectivity index (χ0v) is 9.58. The van der Waals surface area contributed by atoms with Gasteiger partial charge in [0, 0.05) is 6.42 Å². The number of aliphatic hydroxyl groups is 2. The van der Waals surface area contributed by atoms with Crippen molar-refractivity contribution in [1.29, 1.82) is 0 Å². The van der Waals surface area contributed by atoms with Crippen LogP contribution in [0.4, 0.5) is 0 Å². The zero-order valence-electron chi connectivity index (χ0n) is 9.58. The van der Waals surface area contributed by atoms with Crippen molar-refractivity contribution in [2.75, 3.05) is 0 Å². The minimum Gasteiger partial charge on any atom is -0.392 e. The van der Waals surface area contributed by atoms with Gasteiger partial charge in [-0.3, -0.25) is 0 Å². The Morgan fingerprint density at radius 3 is 2.00 bits per heavy atom. The fourth-order valence-electron chi connectivity index (χ4n) is 1.80. The summed E-state index contributed by atoms with van der Waals surface area (Å²) in [5.74, 6) is 0. The Bertz CT molecular complexity index is 448. The number of hydrogen-bond acceptors (Lipinski definition) is 2. The smallest absolute Gasteiger partial charge is 0.0830 e. The van der Waals surface area contributed by atoms with Gasteiger partial charge in [0.15, 0.2) is 0 Å². The minimum atomic E-state index is -0.476. The molecule has 0 spiro atoms. The first-order valence-electron chi connectivity index (χ1n) is 5.71. The summed E-state index contributed by atoms with van der Waals surface area (Å²) in [6.45, 7) is 0.0571. The van der Waals surface area contributed by atoms with Gasteiger partial charge < -0.3 is 10.2 Å². The van der Waals surface area contributed by atoms with Crippen LogP contribution in [0.15, 0.2) is 54.6 Å². The van der Waals surface area contributed by atoms with Gasteiger partial charge in [0.1, 0.15) is 0 Å². The lowest BCUT2D eigenvalue weighted by atomic mass is 10.0. The molecule has 17 heavy (non-hydrogen) atoms. The van der Waals surface area contributed by atoms with Crippen LogP contribution in [0.25, 0.3) is 0 Å². The second-order valence-corrected chi connectivity index (χ2v) is 4.11. The minimum absolute atomic E-state index is 0.0571. The molecule has 2 heteroatoms. The largest absolute Gasteiger partial charge is 0.392 e. The lowest BCUT2D eigenvalue weighted by molar-refractivity contribution is 0.178. The van der Waals surface area contributed by atoms with E-state index in [0.717, 1.165) is 16.7 Å². The molecule has 0 bridgehead atoms. The van der Waals surface area contributed by atoms with Crippen molar-refractivity contribution in [2.45, 2.75) is 19.1 Å². The van der Waals surface area contributed by atoms with Crippen molar-refractivity contribution in [3.63, 3.8) is 0 Å². The van der Waals surface area contributed by atoms with Crippen LogP contribution in [-0.2, 0) is 13.0 Å². The summed E-state index contributed by atoms with van der Waals surface area (Å²) in [4.78, 5) is 0. The third-order valence-electron chi connectivity index (χ3n) is 2.82. The summed E-state index contributed by atoms with van der Waals surface area (Å²) in [5.41, 5.74) is 2.89. The molecule has 1 atom stereocenters. The van der Waals surface area contributed by atoms with Gasteiger partial charge in [-0.25, -0.2) is 0 Å². The number of rotatable bonds is 4. The number of hydrogen-bond donors (Lipinski definition) is 2. The predicted octanol–water partition coefficient (Wildman–Crippen LogP) is 2.46. The van der Waals surface area contributed by atoms with Gasteiger partial charge in [-0.2, -0.15) is 0 Å². The van der Waals surface area contributed by atoms with Crippen molar-refractivity contribution < 1.29 is 10.2 Å². The molecule has 0 saturated carbocycles. The Balaban J connectivity index is 2.05. The van der Waals surface area contributed by atoms with E-state index in [9.17, 15) is 5.11 Å². The first-order valence-corrected chi connectivity index (χ1v) is 5.71. The molecular formula is C15H16O2. The fraction of sp³-hybridized carbons (Fsp3) is 0.200. The van der Waals surface area contributed by atoms with E-state index in [1.165, 1.54) is 0 Å². The van der Waals surface area contributed by atoms with Gasteiger partial charge in [0.2, 0.25) is 0 Å². The van der Waals surface area contributed by atoms with Crippen molar-refractivity contribution in [1.82, 2.24) is 0 Å². The molecule has 88 valence electrons. The highest BCUT2D eigenvalue weighted by Gasteiger charge is 2.07. The second kappa shape index (κ2) is 5.62. The Morgan fingerprint density at radius 1 is 0.824 bits per heavy atom. The van der Waals surface area contributed by atoms with E-state index in [1.54, 1.807) is 0 Å². The van der Waals surface area contributed by atoms with Crippen molar-refractivity contribution in [3.05, 3.63) is 71.3 Å². The Hall–Kier alpha value is -1.64. The summed E-state index contributed by atoms with van der Waals surface area (Å²) in [7, 11) is 0. The van der Waals surface area contributed by atoms with E-state index in [-0.39, 0.29) is 6.61 Å². The van der Waals surface area contributed by atoms with E-state index in [2.05, 4.69) is 0 Å². The van der Waals surface area contributed by atoms with Crippen LogP contribution < -0.4 is 0 Å². The van der Waals surface area contributed by atoms with Crippen LogP contribution in [0.1, 0.15) is 22.8 Å². The van der Waals surface area contributed by atoms with E-state index < -0.39 is 6.10 Å². The maximum absolute atomic E-state index is 10.1. The number of benzene rings is 2. The average Bonchev–Trinajstić information content (AvgIpc) is 2.40. The molecule has 0 fully saturated rings. The summed E-state index contributed by atoms with van der Waals surface area (Å²) >= 11 is 0. The summed E-state index contributed by atoms with van der Waals surface area (Å²) in [6, 6.07) is 17.3. The Kier molecular flexibility index (Phi) is 3.91. The monoisotopic (exact) mass is 228 g/mol. The standard InChI is InChI=1S/C15H16O2/c16-11-13-8-6-12(7-9-13)10-15(17)14-4-2-1-3-5-14/h1-9,15-17H,10-11H2. The summed E-state index contributed by atoms with van der Waals surface area (Å²) in [5, 5.41) is 19.0. The third-order valence-corrected chi connectivity index (χ3v) is 2.82. The van der Waals surface area contributed by atoms with Crippen molar-refractivity contribution in [2.24, 2.45) is 0 Å². The molecule has 0 saturated heterocycles. The lowest BCUT2D eigenvalue weighted by Crippen LogP contribution is -2.01. The van der Waals surface area contributed by atoms with Gasteiger partial charge in [-0.1, -0.05) is 54.6 Å². The van der Waals surface area contributed by atoms with Crippen molar-refractivity contribution >= 4 is 0 Å². The van der Waals surface area contributed by atoms with Crippen LogP contribution in [0.3, 0.4) is 0 Å². The molecule has 2 N–H and O–H groups in total. The van der Waals surface area contributed by atoms with Gasteiger partial charge in [-0.05, 0) is 16.7 Å². The second-order valence-electron chi connectivity index (χ2n) is 4.11. The maximum Gasteiger partial charge on any atom is 0.0830 e. The van der Waals surface area contributed by atoms with Gasteiger partial charge in [0.05, 0.1) is 12.7 Å². The molecule has 2 aromatic rings. The fourth-order valence-corrected chi connectivity index (χ4v) is 1.80. The predicted molar refractivity (Wildman–Crippen MR) is 67.5 cm³/mol. The average molecular weight is 228 g/mol. The van der Waals surface area contributed by atoms with Gasteiger partial charge >= 0.3 is 0 Å². The molecule has 1 unspecified atom stereocenters. The first-order chi connectivity index (χ1) is 8.29. The first kappa shape index (κ1) is 11.8. The molecule has 2 aromatic carbocycles. The van der Waals surface area contributed by atoms with Crippen LogP contribution in [0.2, 0.25) is 0 Å². The van der Waals surface area contributed by atoms with Crippen molar-refractivity contribution in [3.8, 4) is 0 Å². The molecule has 0 aliphatic carbocycles. The molecule has 0 radical (unpaired) electrons. The Morgan fingerprint density at radius 2 is 1.41 bits per heavy atom. The highest BCUT2D eigenvalue weighted by Crippen LogP contribution is 2.18. The molecule has 2 rings (SSSR count). The molecule has 2 nitrogen and oxygen atoms in total. The van der Waals surface area contributed by atoms with Crippen LogP contribution in [0, 0.1) is 0 Å². The maximum atomic E-state index is 10.1. The molecule has 0 aliphatic heterocycles. The topological polar surface area (TPSA) is 40.5 Å². The SMILES string of the molecule is OCc1ccc(CC(O)c2ccccc2)cc1. The van der Waals surface area contributed by atoms with Crippen LogP contribution >= 0.6 is 0 Å².